The van der Waals surface area contributed by atoms with Gasteiger partial charge in [0.15, 0.2) is 11.5 Å². The summed E-state index contributed by atoms with van der Waals surface area (Å²) in [5.41, 5.74) is 4.22. The molecule has 3 aromatic carbocycles. The van der Waals surface area contributed by atoms with E-state index in [1.807, 2.05) is 42.5 Å². The number of hydrogen-bond acceptors (Lipinski definition) is 2. The summed E-state index contributed by atoms with van der Waals surface area (Å²) in [7, 11) is 0. The van der Waals surface area contributed by atoms with Gasteiger partial charge >= 0.3 is 0 Å². The van der Waals surface area contributed by atoms with Crippen LogP contribution in [-0.4, -0.2) is 4.98 Å². The summed E-state index contributed by atoms with van der Waals surface area (Å²) in [5, 5.41) is 0. The van der Waals surface area contributed by atoms with Gasteiger partial charge in [0.2, 0.25) is 0 Å². The number of oxazole rings is 1. The van der Waals surface area contributed by atoms with Crippen LogP contribution < -0.4 is 0 Å². The maximum Gasteiger partial charge on any atom is 0.199 e. The molecule has 128 valence electrons. The summed E-state index contributed by atoms with van der Waals surface area (Å²) < 4.78 is 6.15. The zero-order valence-corrected chi connectivity index (χ0v) is 14.6. The largest absolute Gasteiger partial charge is 0.440 e. The molecule has 0 fully saturated rings. The van der Waals surface area contributed by atoms with Crippen molar-refractivity contribution in [3.63, 3.8) is 0 Å². The average Bonchev–Trinajstić information content (AvgIpc) is 3.13. The number of aromatic nitrogens is 1. The predicted molar refractivity (Wildman–Crippen MR) is 106 cm³/mol. The van der Waals surface area contributed by atoms with Gasteiger partial charge in [0.1, 0.15) is 5.52 Å². The zero-order valence-electron chi connectivity index (χ0n) is 14.6. The lowest BCUT2D eigenvalue weighted by Crippen LogP contribution is -2.13. The summed E-state index contributed by atoms with van der Waals surface area (Å²) in [6.07, 6.45) is 2.86. The van der Waals surface area contributed by atoms with Crippen LogP contribution in [0.25, 0.3) is 11.1 Å². The maximum absolute atomic E-state index is 6.15. The van der Waals surface area contributed by atoms with E-state index in [0.717, 1.165) is 23.4 Å². The third kappa shape index (κ3) is 3.31. The highest BCUT2D eigenvalue weighted by atomic mass is 16.3. The third-order valence-corrected chi connectivity index (χ3v) is 4.80. The first-order valence-electron chi connectivity index (χ1n) is 8.92. The summed E-state index contributed by atoms with van der Waals surface area (Å²) in [5.74, 6) is 0.984. The minimum Gasteiger partial charge on any atom is -0.440 e. The van der Waals surface area contributed by atoms with Crippen LogP contribution >= 0.6 is 0 Å². The number of fused-ring (bicyclic) bond motifs is 1. The highest BCUT2D eigenvalue weighted by molar-refractivity contribution is 5.72. The molecule has 1 heterocycles. The number of rotatable bonds is 6. The van der Waals surface area contributed by atoms with Crippen molar-refractivity contribution in [1.82, 2.24) is 4.98 Å². The Hall–Kier alpha value is -3.13. The third-order valence-electron chi connectivity index (χ3n) is 4.80. The summed E-state index contributed by atoms with van der Waals surface area (Å²) in [6, 6.07) is 28.9. The normalized spacial score (nSPS) is 13.4. The Kier molecular flexibility index (Phi) is 4.65. The summed E-state index contributed by atoms with van der Waals surface area (Å²) in [6.45, 7) is 4.11. The molecule has 2 unspecified atom stereocenters. The van der Waals surface area contributed by atoms with Gasteiger partial charge in [0.05, 0.1) is 5.92 Å². The molecule has 0 radical (unpaired) electrons. The van der Waals surface area contributed by atoms with Gasteiger partial charge in [-0.25, -0.2) is 4.98 Å². The number of benzene rings is 3. The molecule has 0 spiro atoms. The van der Waals surface area contributed by atoms with E-state index in [2.05, 4.69) is 55.1 Å². The molecule has 0 aliphatic rings. The van der Waals surface area contributed by atoms with E-state index in [1.165, 1.54) is 11.1 Å². The van der Waals surface area contributed by atoms with Gasteiger partial charge in [-0.3, -0.25) is 0 Å². The SMILES string of the molecule is C=CC(c1ccccc1)C(Cc1ccccc1)c1nc2ccccc2o1. The van der Waals surface area contributed by atoms with E-state index in [0.29, 0.717) is 0 Å². The second-order valence-electron chi connectivity index (χ2n) is 6.49. The molecule has 26 heavy (non-hydrogen) atoms. The van der Waals surface area contributed by atoms with Crippen LogP contribution in [0.5, 0.6) is 0 Å². The van der Waals surface area contributed by atoms with E-state index in [1.54, 1.807) is 0 Å². The van der Waals surface area contributed by atoms with E-state index in [-0.39, 0.29) is 11.8 Å². The molecule has 0 amide bonds. The molecule has 4 rings (SSSR count). The molecule has 1 aromatic heterocycles. The van der Waals surface area contributed by atoms with Gasteiger partial charge in [0.25, 0.3) is 0 Å². The maximum atomic E-state index is 6.15. The van der Waals surface area contributed by atoms with Crippen LogP contribution in [0.4, 0.5) is 0 Å². The van der Waals surface area contributed by atoms with Gasteiger partial charge in [-0.05, 0) is 29.7 Å². The van der Waals surface area contributed by atoms with Crippen molar-refractivity contribution >= 4 is 11.1 Å². The Balaban J connectivity index is 1.79. The number of para-hydroxylation sites is 2. The van der Waals surface area contributed by atoms with Gasteiger partial charge < -0.3 is 4.42 Å². The van der Waals surface area contributed by atoms with Gasteiger partial charge in [0, 0.05) is 5.92 Å². The molecule has 0 saturated carbocycles. The fourth-order valence-electron chi connectivity index (χ4n) is 3.49. The second kappa shape index (κ2) is 7.40. The van der Waals surface area contributed by atoms with Crippen molar-refractivity contribution in [2.24, 2.45) is 0 Å². The van der Waals surface area contributed by atoms with Crippen LogP contribution in [0.3, 0.4) is 0 Å². The van der Waals surface area contributed by atoms with E-state index < -0.39 is 0 Å². The first-order chi connectivity index (χ1) is 12.8. The lowest BCUT2D eigenvalue weighted by Gasteiger charge is -2.22. The highest BCUT2D eigenvalue weighted by Crippen LogP contribution is 2.37. The monoisotopic (exact) mass is 339 g/mol. The average molecular weight is 339 g/mol. The molecule has 0 aliphatic carbocycles. The fourth-order valence-corrected chi connectivity index (χ4v) is 3.49. The number of nitrogens with zero attached hydrogens (tertiary/aromatic N) is 1. The van der Waals surface area contributed by atoms with Gasteiger partial charge in [-0.2, -0.15) is 0 Å². The standard InChI is InChI=1S/C24H21NO/c1-2-20(19-13-7-4-8-14-19)21(17-18-11-5-3-6-12-18)24-25-22-15-9-10-16-23(22)26-24/h2-16,20-21H,1,17H2. The van der Waals surface area contributed by atoms with Crippen molar-refractivity contribution < 1.29 is 4.42 Å². The van der Waals surface area contributed by atoms with E-state index in [9.17, 15) is 0 Å². The fraction of sp³-hybridized carbons (Fsp3) is 0.125. The second-order valence-corrected chi connectivity index (χ2v) is 6.49. The molecular formula is C24H21NO. The van der Waals surface area contributed by atoms with Crippen LogP contribution in [-0.2, 0) is 6.42 Å². The Morgan fingerprint density at radius 3 is 2.19 bits per heavy atom. The summed E-state index contributed by atoms with van der Waals surface area (Å²) in [4.78, 5) is 4.79. The highest BCUT2D eigenvalue weighted by Gasteiger charge is 2.27. The van der Waals surface area contributed by atoms with Crippen LogP contribution in [0.2, 0.25) is 0 Å². The van der Waals surface area contributed by atoms with Crippen LogP contribution in [0, 0.1) is 0 Å². The Morgan fingerprint density at radius 2 is 1.50 bits per heavy atom. The Labute approximate surface area is 153 Å². The molecule has 0 N–H and O–H groups in total. The molecule has 0 saturated heterocycles. The molecule has 2 heteroatoms. The molecule has 0 bridgehead atoms. The first-order valence-corrected chi connectivity index (χ1v) is 8.92. The van der Waals surface area contributed by atoms with E-state index in [4.69, 9.17) is 9.40 Å². The molecule has 0 aliphatic heterocycles. The first kappa shape index (κ1) is 16.3. The predicted octanol–water partition coefficient (Wildman–Crippen LogP) is 6.12. The Morgan fingerprint density at radius 1 is 0.846 bits per heavy atom. The molecular weight excluding hydrogens is 318 g/mol. The zero-order chi connectivity index (χ0) is 17.8. The van der Waals surface area contributed by atoms with Crippen molar-refractivity contribution in [1.29, 1.82) is 0 Å². The lowest BCUT2D eigenvalue weighted by molar-refractivity contribution is 0.444. The van der Waals surface area contributed by atoms with Crippen molar-refractivity contribution in [3.05, 3.63) is 115 Å². The van der Waals surface area contributed by atoms with Crippen LogP contribution in [0.1, 0.15) is 28.9 Å². The molecule has 2 atom stereocenters. The summed E-state index contributed by atoms with van der Waals surface area (Å²) >= 11 is 0. The van der Waals surface area contributed by atoms with E-state index >= 15 is 0 Å². The topological polar surface area (TPSA) is 26.0 Å². The minimum atomic E-state index is 0.0877. The lowest BCUT2D eigenvalue weighted by atomic mass is 9.82. The van der Waals surface area contributed by atoms with Gasteiger partial charge in [-0.15, -0.1) is 6.58 Å². The quantitative estimate of drug-likeness (QED) is 0.395. The smallest absolute Gasteiger partial charge is 0.199 e. The minimum absolute atomic E-state index is 0.0877. The van der Waals surface area contributed by atoms with Crippen molar-refractivity contribution in [2.75, 3.05) is 0 Å². The van der Waals surface area contributed by atoms with Gasteiger partial charge in [-0.1, -0.05) is 78.9 Å². The molecule has 2 nitrogen and oxygen atoms in total. The Bertz CT molecular complexity index is 955. The van der Waals surface area contributed by atoms with Crippen molar-refractivity contribution in [3.8, 4) is 0 Å². The van der Waals surface area contributed by atoms with Crippen LogP contribution in [0.15, 0.2) is 102 Å². The van der Waals surface area contributed by atoms with Crippen molar-refractivity contribution in [2.45, 2.75) is 18.3 Å². The molecule has 4 aromatic rings. The number of hydrogen-bond donors (Lipinski definition) is 0. The number of allylic oxidation sites excluding steroid dienone is 1.